The summed E-state index contributed by atoms with van der Waals surface area (Å²) in [5.74, 6) is 2.57. The van der Waals surface area contributed by atoms with Crippen molar-refractivity contribution in [3.63, 3.8) is 0 Å². The molecular formula is C14H23N3O. The molecule has 2 N–H and O–H groups in total. The fraction of sp³-hybridized carbons (Fsp3) is 0.714. The van der Waals surface area contributed by atoms with Gasteiger partial charge < -0.3 is 10.3 Å². The van der Waals surface area contributed by atoms with Crippen molar-refractivity contribution in [2.24, 2.45) is 5.92 Å². The van der Waals surface area contributed by atoms with E-state index in [-0.39, 0.29) is 11.5 Å². The Balaban J connectivity index is 1.90. The van der Waals surface area contributed by atoms with Gasteiger partial charge in [0.05, 0.1) is 0 Å². The molecule has 0 aromatic carbocycles. The van der Waals surface area contributed by atoms with Crippen LogP contribution in [-0.4, -0.2) is 16.5 Å². The summed E-state index contributed by atoms with van der Waals surface area (Å²) in [4.78, 5) is 18.7. The van der Waals surface area contributed by atoms with Gasteiger partial charge in [-0.25, -0.2) is 4.98 Å². The monoisotopic (exact) mass is 249 g/mol. The number of hydrogen-bond donors (Lipinski definition) is 2. The molecule has 0 amide bonds. The highest BCUT2D eigenvalue weighted by Crippen LogP contribution is 2.27. The van der Waals surface area contributed by atoms with Crippen LogP contribution in [0, 0.1) is 5.92 Å². The van der Waals surface area contributed by atoms with E-state index in [0.29, 0.717) is 5.82 Å². The van der Waals surface area contributed by atoms with Crippen molar-refractivity contribution in [1.82, 2.24) is 9.97 Å². The van der Waals surface area contributed by atoms with Crippen molar-refractivity contribution in [2.45, 2.75) is 51.9 Å². The number of aromatic nitrogens is 2. The van der Waals surface area contributed by atoms with Crippen LogP contribution in [0.3, 0.4) is 0 Å². The van der Waals surface area contributed by atoms with E-state index >= 15 is 0 Å². The average molecular weight is 249 g/mol. The lowest BCUT2D eigenvalue weighted by Gasteiger charge is -2.11. The standard InChI is InChI=1S/C14H23N3O/c1-10(2)14-16-12(9-13(18)17-14)15-8-7-11-5-3-4-6-11/h9-11H,3-8H2,1-2H3,(H2,15,16,17,18). The van der Waals surface area contributed by atoms with E-state index in [9.17, 15) is 4.79 Å². The van der Waals surface area contributed by atoms with Crippen LogP contribution in [0.25, 0.3) is 0 Å². The van der Waals surface area contributed by atoms with E-state index in [2.05, 4.69) is 15.3 Å². The topological polar surface area (TPSA) is 57.8 Å². The molecule has 1 saturated carbocycles. The largest absolute Gasteiger partial charge is 0.370 e. The zero-order valence-corrected chi connectivity index (χ0v) is 11.3. The third-order valence-electron chi connectivity index (χ3n) is 3.64. The first-order valence-corrected chi connectivity index (χ1v) is 7.00. The Hall–Kier alpha value is -1.32. The van der Waals surface area contributed by atoms with E-state index in [1.807, 2.05) is 13.8 Å². The molecule has 18 heavy (non-hydrogen) atoms. The Morgan fingerprint density at radius 1 is 1.44 bits per heavy atom. The van der Waals surface area contributed by atoms with Gasteiger partial charge in [0.15, 0.2) is 0 Å². The van der Waals surface area contributed by atoms with Crippen LogP contribution in [-0.2, 0) is 0 Å². The molecule has 0 atom stereocenters. The number of aromatic amines is 1. The number of nitrogens with zero attached hydrogens (tertiary/aromatic N) is 1. The lowest BCUT2D eigenvalue weighted by molar-refractivity contribution is 0.518. The smallest absolute Gasteiger partial charge is 0.252 e. The summed E-state index contributed by atoms with van der Waals surface area (Å²) >= 11 is 0. The maximum atomic E-state index is 11.5. The minimum Gasteiger partial charge on any atom is -0.370 e. The molecular weight excluding hydrogens is 226 g/mol. The summed E-state index contributed by atoms with van der Waals surface area (Å²) < 4.78 is 0. The van der Waals surface area contributed by atoms with E-state index in [4.69, 9.17) is 0 Å². The molecule has 4 heteroatoms. The maximum Gasteiger partial charge on any atom is 0.252 e. The second kappa shape index (κ2) is 6.03. The molecule has 0 radical (unpaired) electrons. The zero-order valence-electron chi connectivity index (χ0n) is 11.3. The van der Waals surface area contributed by atoms with Crippen LogP contribution < -0.4 is 10.9 Å². The van der Waals surface area contributed by atoms with Crippen molar-refractivity contribution >= 4 is 5.82 Å². The van der Waals surface area contributed by atoms with Gasteiger partial charge in [-0.05, 0) is 12.3 Å². The van der Waals surface area contributed by atoms with E-state index < -0.39 is 0 Å². The Kier molecular flexibility index (Phi) is 4.39. The van der Waals surface area contributed by atoms with Crippen LogP contribution in [0.1, 0.15) is 57.7 Å². The zero-order chi connectivity index (χ0) is 13.0. The molecule has 100 valence electrons. The van der Waals surface area contributed by atoms with Gasteiger partial charge in [-0.3, -0.25) is 4.79 Å². The molecule has 4 nitrogen and oxygen atoms in total. The van der Waals surface area contributed by atoms with Gasteiger partial charge in [-0.1, -0.05) is 39.5 Å². The number of hydrogen-bond acceptors (Lipinski definition) is 3. The Bertz CT molecular complexity index is 433. The molecule has 1 aliphatic carbocycles. The summed E-state index contributed by atoms with van der Waals surface area (Å²) in [7, 11) is 0. The molecule has 1 heterocycles. The summed E-state index contributed by atoms with van der Waals surface area (Å²) in [6.45, 7) is 4.97. The highest BCUT2D eigenvalue weighted by Gasteiger charge is 2.14. The minimum atomic E-state index is -0.0722. The van der Waals surface area contributed by atoms with Gasteiger partial charge in [0.2, 0.25) is 0 Å². The van der Waals surface area contributed by atoms with Crippen molar-refractivity contribution in [3.8, 4) is 0 Å². The van der Waals surface area contributed by atoms with Crippen LogP contribution in [0.2, 0.25) is 0 Å². The SMILES string of the molecule is CC(C)c1nc(NCCC2CCCC2)cc(=O)[nH]1. The predicted octanol–water partition coefficient (Wildman–Crippen LogP) is 2.89. The van der Waals surface area contributed by atoms with Gasteiger partial charge in [-0.15, -0.1) is 0 Å². The van der Waals surface area contributed by atoms with Crippen molar-refractivity contribution in [3.05, 3.63) is 22.2 Å². The van der Waals surface area contributed by atoms with Crippen LogP contribution in [0.5, 0.6) is 0 Å². The Morgan fingerprint density at radius 3 is 2.83 bits per heavy atom. The van der Waals surface area contributed by atoms with Gasteiger partial charge in [0.1, 0.15) is 11.6 Å². The van der Waals surface area contributed by atoms with Crippen molar-refractivity contribution in [1.29, 1.82) is 0 Å². The molecule has 0 unspecified atom stereocenters. The highest BCUT2D eigenvalue weighted by atomic mass is 16.1. The number of anilines is 1. The molecule has 1 aliphatic rings. The molecule has 1 aromatic rings. The number of H-pyrrole nitrogens is 1. The van der Waals surface area contributed by atoms with Crippen molar-refractivity contribution < 1.29 is 0 Å². The fourth-order valence-corrected chi connectivity index (χ4v) is 2.54. The maximum absolute atomic E-state index is 11.5. The van der Waals surface area contributed by atoms with Gasteiger partial charge in [0, 0.05) is 18.5 Å². The lowest BCUT2D eigenvalue weighted by Crippen LogP contribution is -2.15. The summed E-state index contributed by atoms with van der Waals surface area (Å²) in [5.41, 5.74) is -0.0722. The molecule has 0 aliphatic heterocycles. The molecule has 1 fully saturated rings. The third-order valence-corrected chi connectivity index (χ3v) is 3.64. The summed E-state index contributed by atoms with van der Waals surface area (Å²) in [6.07, 6.45) is 6.67. The quantitative estimate of drug-likeness (QED) is 0.843. The van der Waals surface area contributed by atoms with Crippen LogP contribution in [0.15, 0.2) is 10.9 Å². The first-order valence-electron chi connectivity index (χ1n) is 7.00. The van der Waals surface area contributed by atoms with Gasteiger partial charge in [0.25, 0.3) is 5.56 Å². The van der Waals surface area contributed by atoms with Gasteiger partial charge in [-0.2, -0.15) is 0 Å². The second-order valence-electron chi connectivity index (χ2n) is 5.54. The average Bonchev–Trinajstić information content (AvgIpc) is 2.81. The summed E-state index contributed by atoms with van der Waals surface area (Å²) in [5, 5.41) is 3.28. The number of nitrogens with one attached hydrogen (secondary N) is 2. The molecule has 0 bridgehead atoms. The first kappa shape index (κ1) is 13.1. The molecule has 0 saturated heterocycles. The minimum absolute atomic E-state index is 0.0722. The molecule has 2 rings (SSSR count). The van der Waals surface area contributed by atoms with Crippen LogP contribution in [0.4, 0.5) is 5.82 Å². The number of rotatable bonds is 5. The molecule has 0 spiro atoms. The Morgan fingerprint density at radius 2 is 2.17 bits per heavy atom. The normalized spacial score (nSPS) is 16.4. The molecule has 1 aromatic heterocycles. The van der Waals surface area contributed by atoms with Gasteiger partial charge >= 0.3 is 0 Å². The predicted molar refractivity (Wildman–Crippen MR) is 74.0 cm³/mol. The highest BCUT2D eigenvalue weighted by molar-refractivity contribution is 5.33. The van der Waals surface area contributed by atoms with E-state index in [1.54, 1.807) is 6.07 Å². The lowest BCUT2D eigenvalue weighted by atomic mass is 10.0. The summed E-state index contributed by atoms with van der Waals surface area (Å²) in [6, 6.07) is 1.54. The van der Waals surface area contributed by atoms with Crippen LogP contribution >= 0.6 is 0 Å². The third kappa shape index (κ3) is 3.59. The van der Waals surface area contributed by atoms with E-state index in [0.717, 1.165) is 18.3 Å². The Labute approximate surface area is 108 Å². The first-order chi connectivity index (χ1) is 8.65. The second-order valence-corrected chi connectivity index (χ2v) is 5.54. The van der Waals surface area contributed by atoms with Crippen molar-refractivity contribution in [2.75, 3.05) is 11.9 Å². The van der Waals surface area contributed by atoms with E-state index in [1.165, 1.54) is 32.1 Å². The fourth-order valence-electron chi connectivity index (χ4n) is 2.54.